The predicted octanol–water partition coefficient (Wildman–Crippen LogP) is 0.412. The summed E-state index contributed by atoms with van der Waals surface area (Å²) in [5.41, 5.74) is 0. The maximum Gasteiger partial charge on any atom is 0.320 e. The lowest BCUT2D eigenvalue weighted by Crippen LogP contribution is -2.53. The van der Waals surface area contributed by atoms with E-state index in [-0.39, 0.29) is 42.5 Å². The highest BCUT2D eigenvalue weighted by Crippen LogP contribution is 2.23. The minimum atomic E-state index is -3.03. The summed E-state index contributed by atoms with van der Waals surface area (Å²) in [5.74, 6) is -0.530. The minimum Gasteiger partial charge on any atom is -0.481 e. The lowest BCUT2D eigenvalue weighted by Gasteiger charge is -2.36. The van der Waals surface area contributed by atoms with E-state index in [9.17, 15) is 18.0 Å². The summed E-state index contributed by atoms with van der Waals surface area (Å²) in [7, 11) is -3.03. The third-order valence-electron chi connectivity index (χ3n) is 4.24. The first-order valence-corrected chi connectivity index (χ1v) is 9.08. The molecule has 2 aliphatic heterocycles. The van der Waals surface area contributed by atoms with E-state index in [1.807, 2.05) is 0 Å². The van der Waals surface area contributed by atoms with Gasteiger partial charge in [0, 0.05) is 32.1 Å². The zero-order valence-electron chi connectivity index (χ0n) is 12.2. The topological polar surface area (TPSA) is 95.0 Å². The Kier molecular flexibility index (Phi) is 4.75. The molecule has 0 spiro atoms. The molecule has 2 fully saturated rings. The molecular weight excluding hydrogens is 296 g/mol. The van der Waals surface area contributed by atoms with Crippen molar-refractivity contribution in [1.82, 2.24) is 9.80 Å². The third-order valence-corrected chi connectivity index (χ3v) is 6.03. The molecule has 2 aliphatic rings. The highest BCUT2D eigenvalue weighted by atomic mass is 32.2. The van der Waals surface area contributed by atoms with Crippen LogP contribution in [0.3, 0.4) is 0 Å². The second kappa shape index (κ2) is 6.21. The molecule has 21 heavy (non-hydrogen) atoms. The smallest absolute Gasteiger partial charge is 0.320 e. The molecule has 2 heterocycles. The van der Waals surface area contributed by atoms with Crippen molar-refractivity contribution in [2.75, 3.05) is 31.1 Å². The predicted molar refractivity (Wildman–Crippen MR) is 76.8 cm³/mol. The molecule has 0 aliphatic carbocycles. The van der Waals surface area contributed by atoms with Crippen molar-refractivity contribution in [2.45, 2.75) is 32.2 Å². The Morgan fingerprint density at radius 1 is 1.29 bits per heavy atom. The molecule has 7 nitrogen and oxygen atoms in total. The number of carboxylic acids is 1. The van der Waals surface area contributed by atoms with E-state index in [0.717, 1.165) is 6.42 Å². The van der Waals surface area contributed by atoms with E-state index in [1.165, 1.54) is 0 Å². The van der Waals surface area contributed by atoms with Crippen molar-refractivity contribution in [2.24, 2.45) is 5.92 Å². The van der Waals surface area contributed by atoms with Gasteiger partial charge in [-0.25, -0.2) is 13.2 Å². The first-order chi connectivity index (χ1) is 9.78. The van der Waals surface area contributed by atoms with E-state index in [1.54, 1.807) is 16.7 Å². The zero-order chi connectivity index (χ0) is 15.6. The number of sulfone groups is 1. The van der Waals surface area contributed by atoms with Crippen LogP contribution in [-0.4, -0.2) is 72.5 Å². The Morgan fingerprint density at radius 2 is 2.00 bits per heavy atom. The second-order valence-electron chi connectivity index (χ2n) is 5.97. The Bertz CT molecular complexity index is 519. The van der Waals surface area contributed by atoms with Crippen LogP contribution in [0.5, 0.6) is 0 Å². The van der Waals surface area contributed by atoms with E-state index < -0.39 is 15.8 Å². The monoisotopic (exact) mass is 318 g/mol. The molecule has 2 rings (SSSR count). The van der Waals surface area contributed by atoms with E-state index in [2.05, 4.69) is 0 Å². The van der Waals surface area contributed by atoms with Crippen LogP contribution < -0.4 is 0 Å². The van der Waals surface area contributed by atoms with Crippen molar-refractivity contribution in [1.29, 1.82) is 0 Å². The number of carbonyl (C=O) groups excluding carboxylic acids is 1. The third kappa shape index (κ3) is 4.09. The van der Waals surface area contributed by atoms with Crippen LogP contribution in [0, 0.1) is 5.92 Å². The van der Waals surface area contributed by atoms with Gasteiger partial charge in [-0.1, -0.05) is 0 Å². The highest BCUT2D eigenvalue weighted by Gasteiger charge is 2.35. The first kappa shape index (κ1) is 16.1. The number of nitrogens with zero attached hydrogens (tertiary/aromatic N) is 2. The zero-order valence-corrected chi connectivity index (χ0v) is 13.0. The number of hydrogen-bond donors (Lipinski definition) is 1. The van der Waals surface area contributed by atoms with Gasteiger partial charge in [-0.05, 0) is 25.7 Å². The molecular formula is C13H22N2O5S. The Hall–Kier alpha value is -1.31. The lowest BCUT2D eigenvalue weighted by molar-refractivity contribution is -0.137. The number of carbonyl (C=O) groups is 2. The molecule has 2 unspecified atom stereocenters. The van der Waals surface area contributed by atoms with Gasteiger partial charge in [-0.2, -0.15) is 0 Å². The molecule has 8 heteroatoms. The van der Waals surface area contributed by atoms with Gasteiger partial charge in [0.25, 0.3) is 0 Å². The molecule has 0 radical (unpaired) electrons. The van der Waals surface area contributed by atoms with Gasteiger partial charge in [0.1, 0.15) is 0 Å². The van der Waals surface area contributed by atoms with Crippen molar-refractivity contribution in [3.05, 3.63) is 0 Å². The molecule has 120 valence electrons. The molecule has 0 bridgehead atoms. The Morgan fingerprint density at radius 3 is 2.62 bits per heavy atom. The van der Waals surface area contributed by atoms with Gasteiger partial charge >= 0.3 is 12.0 Å². The van der Waals surface area contributed by atoms with Crippen LogP contribution in [0.4, 0.5) is 4.79 Å². The van der Waals surface area contributed by atoms with Crippen molar-refractivity contribution >= 4 is 21.8 Å². The number of carboxylic acid groups (broad SMARTS) is 1. The molecule has 2 saturated heterocycles. The largest absolute Gasteiger partial charge is 0.481 e. The van der Waals surface area contributed by atoms with E-state index >= 15 is 0 Å². The molecule has 0 aromatic rings. The summed E-state index contributed by atoms with van der Waals surface area (Å²) < 4.78 is 23.1. The summed E-state index contributed by atoms with van der Waals surface area (Å²) in [6.07, 6.45) is 1.54. The highest BCUT2D eigenvalue weighted by molar-refractivity contribution is 7.91. The van der Waals surface area contributed by atoms with Gasteiger partial charge in [-0.3, -0.25) is 4.79 Å². The second-order valence-corrected chi connectivity index (χ2v) is 8.20. The van der Waals surface area contributed by atoms with Gasteiger partial charge in [0.15, 0.2) is 9.84 Å². The standard InChI is InChI=1S/C13H22N2O5S/c1-10-9-21(19,20)7-6-15(10)13(18)14-5-4-11(8-14)2-3-12(16)17/h10-11H,2-9H2,1H3,(H,16,17). The number of urea groups is 1. The summed E-state index contributed by atoms with van der Waals surface area (Å²) in [6.45, 7) is 3.20. The van der Waals surface area contributed by atoms with E-state index in [0.29, 0.717) is 19.5 Å². The van der Waals surface area contributed by atoms with Crippen molar-refractivity contribution < 1.29 is 23.1 Å². The van der Waals surface area contributed by atoms with Gasteiger partial charge < -0.3 is 14.9 Å². The minimum absolute atomic E-state index is 0.0228. The molecule has 2 atom stereocenters. The number of likely N-dealkylation sites (tertiary alicyclic amines) is 1. The fourth-order valence-corrected chi connectivity index (χ4v) is 4.59. The Balaban J connectivity index is 1.88. The van der Waals surface area contributed by atoms with Crippen molar-refractivity contribution in [3.63, 3.8) is 0 Å². The number of rotatable bonds is 3. The summed E-state index contributed by atoms with van der Waals surface area (Å²) in [5, 5.41) is 8.69. The summed E-state index contributed by atoms with van der Waals surface area (Å²) in [6, 6.07) is -0.412. The SMILES string of the molecule is CC1CS(=O)(=O)CCN1C(=O)N1CCC(CCC(=O)O)C1. The van der Waals surface area contributed by atoms with Gasteiger partial charge in [0.2, 0.25) is 0 Å². The number of hydrogen-bond acceptors (Lipinski definition) is 4. The van der Waals surface area contributed by atoms with Gasteiger partial charge in [0.05, 0.1) is 11.5 Å². The number of aliphatic carboxylic acids is 1. The van der Waals surface area contributed by atoms with Crippen LogP contribution in [0.25, 0.3) is 0 Å². The van der Waals surface area contributed by atoms with Crippen LogP contribution in [-0.2, 0) is 14.6 Å². The summed E-state index contributed by atoms with van der Waals surface area (Å²) in [4.78, 5) is 26.4. The molecule has 2 amide bonds. The first-order valence-electron chi connectivity index (χ1n) is 7.26. The maximum absolute atomic E-state index is 12.4. The lowest BCUT2D eigenvalue weighted by atomic mass is 10.0. The van der Waals surface area contributed by atoms with Crippen LogP contribution >= 0.6 is 0 Å². The Labute approximate surface area is 124 Å². The molecule has 0 aromatic heterocycles. The fourth-order valence-electron chi connectivity index (χ4n) is 3.03. The average molecular weight is 318 g/mol. The van der Waals surface area contributed by atoms with E-state index in [4.69, 9.17) is 5.11 Å². The molecule has 0 aromatic carbocycles. The molecule has 0 saturated carbocycles. The van der Waals surface area contributed by atoms with Crippen LogP contribution in [0.2, 0.25) is 0 Å². The summed E-state index contributed by atoms with van der Waals surface area (Å²) >= 11 is 0. The van der Waals surface area contributed by atoms with Gasteiger partial charge in [-0.15, -0.1) is 0 Å². The van der Waals surface area contributed by atoms with Crippen molar-refractivity contribution in [3.8, 4) is 0 Å². The fraction of sp³-hybridized carbons (Fsp3) is 0.846. The average Bonchev–Trinajstić information content (AvgIpc) is 2.83. The number of amides is 2. The normalized spacial score (nSPS) is 28.6. The van der Waals surface area contributed by atoms with Crippen LogP contribution in [0.15, 0.2) is 0 Å². The quantitative estimate of drug-likeness (QED) is 0.813. The van der Waals surface area contributed by atoms with Crippen LogP contribution in [0.1, 0.15) is 26.2 Å². The molecule has 1 N–H and O–H groups in total. The maximum atomic E-state index is 12.4.